The Kier molecular flexibility index (Phi) is 4.68. The maximum Gasteiger partial charge on any atom is 0.347 e. The fraction of sp³-hybridized carbons (Fsp3) is 0.733. The van der Waals surface area contributed by atoms with Gasteiger partial charge in [0.25, 0.3) is 0 Å². The highest BCUT2D eigenvalue weighted by atomic mass is 32.1. The van der Waals surface area contributed by atoms with Crippen LogP contribution in [0.4, 0.5) is 5.13 Å². The van der Waals surface area contributed by atoms with Gasteiger partial charge in [-0.15, -0.1) is 0 Å². The highest BCUT2D eigenvalue weighted by Gasteiger charge is 2.33. The summed E-state index contributed by atoms with van der Waals surface area (Å²) in [7, 11) is 0. The number of thiazole rings is 1. The summed E-state index contributed by atoms with van der Waals surface area (Å²) in [4.78, 5) is 18.7. The standard InChI is InChI=1S/C15H24N2O2S/c1-9(2)7-17(8-10(3)4)15-16-12(11-5-6-11)13(20-15)14(18)19/h9-11H,5-8H2,1-4H3,(H,18,19). The lowest BCUT2D eigenvalue weighted by atomic mass is 10.1. The van der Waals surface area contributed by atoms with Crippen LogP contribution in [0.3, 0.4) is 0 Å². The molecule has 1 saturated carbocycles. The largest absolute Gasteiger partial charge is 0.477 e. The number of carboxylic acid groups (broad SMARTS) is 1. The van der Waals surface area contributed by atoms with Crippen molar-refractivity contribution in [3.63, 3.8) is 0 Å². The molecule has 112 valence electrons. The normalized spacial score (nSPS) is 15.1. The van der Waals surface area contributed by atoms with E-state index < -0.39 is 5.97 Å². The number of carboxylic acids is 1. The molecule has 0 bridgehead atoms. The van der Waals surface area contributed by atoms with Crippen LogP contribution in [0, 0.1) is 11.8 Å². The van der Waals surface area contributed by atoms with E-state index in [1.54, 1.807) is 0 Å². The van der Waals surface area contributed by atoms with Crippen molar-refractivity contribution in [2.24, 2.45) is 11.8 Å². The van der Waals surface area contributed by atoms with Gasteiger partial charge in [-0.05, 0) is 24.7 Å². The molecule has 0 spiro atoms. The van der Waals surface area contributed by atoms with Crippen molar-refractivity contribution in [1.82, 2.24) is 4.98 Å². The summed E-state index contributed by atoms with van der Waals surface area (Å²) in [5, 5.41) is 10.2. The zero-order chi connectivity index (χ0) is 14.9. The molecular formula is C15H24N2O2S. The van der Waals surface area contributed by atoms with Gasteiger partial charge in [0.05, 0.1) is 5.69 Å². The van der Waals surface area contributed by atoms with Crippen molar-refractivity contribution in [1.29, 1.82) is 0 Å². The lowest BCUT2D eigenvalue weighted by molar-refractivity contribution is 0.0700. The predicted molar refractivity (Wildman–Crippen MR) is 82.9 cm³/mol. The van der Waals surface area contributed by atoms with Gasteiger partial charge in [-0.25, -0.2) is 9.78 Å². The van der Waals surface area contributed by atoms with E-state index in [0.717, 1.165) is 36.8 Å². The summed E-state index contributed by atoms with van der Waals surface area (Å²) >= 11 is 1.34. The van der Waals surface area contributed by atoms with Crippen molar-refractivity contribution >= 4 is 22.4 Å². The van der Waals surface area contributed by atoms with Crippen LogP contribution in [-0.4, -0.2) is 29.1 Å². The molecule has 1 aromatic rings. The Morgan fingerprint density at radius 1 is 1.30 bits per heavy atom. The van der Waals surface area contributed by atoms with Crippen LogP contribution >= 0.6 is 11.3 Å². The molecule has 1 fully saturated rings. The molecule has 5 heteroatoms. The van der Waals surface area contributed by atoms with E-state index in [1.807, 2.05) is 0 Å². The van der Waals surface area contributed by atoms with Gasteiger partial charge in [0.15, 0.2) is 5.13 Å². The number of hydrogen-bond acceptors (Lipinski definition) is 4. The first-order valence-corrected chi connectivity index (χ1v) is 8.19. The number of hydrogen-bond donors (Lipinski definition) is 1. The van der Waals surface area contributed by atoms with E-state index >= 15 is 0 Å². The second-order valence-corrected chi connectivity index (χ2v) is 7.46. The highest BCUT2D eigenvalue weighted by Crippen LogP contribution is 2.44. The first kappa shape index (κ1) is 15.3. The number of aromatic carboxylic acids is 1. The molecule has 0 aromatic carbocycles. The average Bonchev–Trinajstić information content (AvgIpc) is 3.05. The van der Waals surface area contributed by atoms with Gasteiger partial charge in [-0.3, -0.25) is 0 Å². The molecule has 1 aliphatic rings. The topological polar surface area (TPSA) is 53.4 Å². The molecule has 0 aliphatic heterocycles. The average molecular weight is 296 g/mol. The SMILES string of the molecule is CC(C)CN(CC(C)C)c1nc(C2CC2)c(C(=O)O)s1. The van der Waals surface area contributed by atoms with Gasteiger partial charge in [-0.1, -0.05) is 39.0 Å². The molecule has 1 aromatic heterocycles. The number of aromatic nitrogens is 1. The summed E-state index contributed by atoms with van der Waals surface area (Å²) in [5.41, 5.74) is 0.815. The fourth-order valence-corrected chi connectivity index (χ4v) is 3.36. The second-order valence-electron chi connectivity index (χ2n) is 6.48. The molecule has 0 saturated heterocycles. The summed E-state index contributed by atoms with van der Waals surface area (Å²) in [6, 6.07) is 0. The van der Waals surface area contributed by atoms with Crippen LogP contribution in [0.25, 0.3) is 0 Å². The Hall–Kier alpha value is -1.10. The minimum atomic E-state index is -0.829. The lowest BCUT2D eigenvalue weighted by Crippen LogP contribution is -2.31. The number of rotatable bonds is 7. The molecule has 0 unspecified atom stereocenters. The third kappa shape index (κ3) is 3.72. The second kappa shape index (κ2) is 6.12. The van der Waals surface area contributed by atoms with E-state index in [9.17, 15) is 9.90 Å². The molecule has 2 rings (SSSR count). The van der Waals surface area contributed by atoms with Crippen molar-refractivity contribution in [3.05, 3.63) is 10.6 Å². The number of anilines is 1. The first-order chi connectivity index (χ1) is 9.38. The van der Waals surface area contributed by atoms with E-state index in [0.29, 0.717) is 22.6 Å². The monoisotopic (exact) mass is 296 g/mol. The Morgan fingerprint density at radius 2 is 1.85 bits per heavy atom. The Morgan fingerprint density at radius 3 is 2.25 bits per heavy atom. The lowest BCUT2D eigenvalue weighted by Gasteiger charge is -2.25. The summed E-state index contributed by atoms with van der Waals surface area (Å²) in [6.07, 6.45) is 2.16. The molecule has 4 nitrogen and oxygen atoms in total. The minimum Gasteiger partial charge on any atom is -0.477 e. The Labute approximate surface area is 124 Å². The van der Waals surface area contributed by atoms with Crippen LogP contribution in [-0.2, 0) is 0 Å². The van der Waals surface area contributed by atoms with E-state index in [2.05, 4.69) is 37.6 Å². The fourth-order valence-electron chi connectivity index (χ4n) is 2.35. The molecule has 0 radical (unpaired) electrons. The van der Waals surface area contributed by atoms with Crippen LogP contribution in [0.1, 0.15) is 61.8 Å². The molecule has 1 heterocycles. The number of nitrogens with zero attached hydrogens (tertiary/aromatic N) is 2. The zero-order valence-corrected chi connectivity index (χ0v) is 13.5. The third-order valence-electron chi connectivity index (χ3n) is 3.24. The minimum absolute atomic E-state index is 0.381. The van der Waals surface area contributed by atoms with E-state index in [1.165, 1.54) is 11.3 Å². The number of carbonyl (C=O) groups is 1. The maximum atomic E-state index is 11.4. The predicted octanol–water partition coefficient (Wildman–Crippen LogP) is 3.84. The van der Waals surface area contributed by atoms with Gasteiger partial charge in [0.2, 0.25) is 0 Å². The van der Waals surface area contributed by atoms with Crippen molar-refractivity contribution in [3.8, 4) is 0 Å². The maximum absolute atomic E-state index is 11.4. The van der Waals surface area contributed by atoms with Crippen LogP contribution in [0.15, 0.2) is 0 Å². The summed E-state index contributed by atoms with van der Waals surface area (Å²) in [5.74, 6) is 0.626. The van der Waals surface area contributed by atoms with Crippen LogP contribution < -0.4 is 4.90 Å². The van der Waals surface area contributed by atoms with E-state index in [-0.39, 0.29) is 0 Å². The Bertz CT molecular complexity index is 468. The molecule has 20 heavy (non-hydrogen) atoms. The van der Waals surface area contributed by atoms with Gasteiger partial charge >= 0.3 is 5.97 Å². The quantitative estimate of drug-likeness (QED) is 0.830. The van der Waals surface area contributed by atoms with Gasteiger partial charge in [0, 0.05) is 19.0 Å². The van der Waals surface area contributed by atoms with Crippen LogP contribution in [0.2, 0.25) is 0 Å². The van der Waals surface area contributed by atoms with Crippen molar-refractivity contribution in [2.75, 3.05) is 18.0 Å². The molecule has 1 N–H and O–H groups in total. The molecular weight excluding hydrogens is 272 g/mol. The van der Waals surface area contributed by atoms with Gasteiger partial charge in [0.1, 0.15) is 4.88 Å². The zero-order valence-electron chi connectivity index (χ0n) is 12.7. The first-order valence-electron chi connectivity index (χ1n) is 7.37. The van der Waals surface area contributed by atoms with E-state index in [4.69, 9.17) is 0 Å². The summed E-state index contributed by atoms with van der Waals surface area (Å²) in [6.45, 7) is 10.6. The van der Waals surface area contributed by atoms with Crippen LogP contribution in [0.5, 0.6) is 0 Å². The Balaban J connectivity index is 2.27. The van der Waals surface area contributed by atoms with Crippen molar-refractivity contribution in [2.45, 2.75) is 46.5 Å². The smallest absolute Gasteiger partial charge is 0.347 e. The molecule has 0 amide bonds. The molecule has 0 atom stereocenters. The highest BCUT2D eigenvalue weighted by molar-refractivity contribution is 7.17. The summed E-state index contributed by atoms with van der Waals surface area (Å²) < 4.78 is 0. The van der Waals surface area contributed by atoms with Crippen molar-refractivity contribution < 1.29 is 9.90 Å². The molecule has 1 aliphatic carbocycles. The third-order valence-corrected chi connectivity index (χ3v) is 4.36. The van der Waals surface area contributed by atoms with Gasteiger partial charge < -0.3 is 10.0 Å². The van der Waals surface area contributed by atoms with Gasteiger partial charge in [-0.2, -0.15) is 0 Å².